The van der Waals surface area contributed by atoms with Crippen LogP contribution in [0.25, 0.3) is 21.5 Å². The number of fused-ring (bicyclic) bond motifs is 2. The largest absolute Gasteiger partial charge is 0.460 e. The van der Waals surface area contributed by atoms with Crippen molar-refractivity contribution in [3.05, 3.63) is 83.9 Å². The van der Waals surface area contributed by atoms with Crippen molar-refractivity contribution in [2.75, 3.05) is 13.2 Å². The maximum atomic E-state index is 13.1. The summed E-state index contributed by atoms with van der Waals surface area (Å²) in [4.78, 5) is 15.4. The highest BCUT2D eigenvalue weighted by Gasteiger charge is 2.28. The number of hydrogen-bond acceptors (Lipinski definition) is 13. The summed E-state index contributed by atoms with van der Waals surface area (Å²) in [5.41, 5.74) is 1.40. The molecule has 5 rings (SSSR count). The van der Waals surface area contributed by atoms with Crippen LogP contribution in [0.5, 0.6) is 11.5 Å². The smallest absolute Gasteiger partial charge is 0.338 e. The molecule has 1 saturated heterocycles. The molecule has 13 heteroatoms. The molecule has 11 nitrogen and oxygen atoms in total. The van der Waals surface area contributed by atoms with Gasteiger partial charge in [0.25, 0.3) is 24.6 Å². The summed E-state index contributed by atoms with van der Waals surface area (Å²) in [6.07, 6.45) is 1.86. The van der Waals surface area contributed by atoms with E-state index >= 15 is 0 Å². The number of hydrogen-bond donors (Lipinski definition) is 2. The van der Waals surface area contributed by atoms with Gasteiger partial charge < -0.3 is 13.1 Å². The molecular weight excluding hydrogens is 562 g/mol. The molecule has 1 aliphatic rings. The molecule has 4 aromatic carbocycles. The fourth-order valence-corrected chi connectivity index (χ4v) is 5.44. The molecule has 0 amide bonds. The summed E-state index contributed by atoms with van der Waals surface area (Å²) in [6.45, 7) is 1.65. The Bertz CT molecular complexity index is 1460. The Hall–Kier alpha value is -3.11. The Morgan fingerprint density at radius 3 is 2.52 bits per heavy atom. The monoisotopic (exact) mass is 587 g/mol. The lowest BCUT2D eigenvalue weighted by Gasteiger charge is -2.25. The second-order valence-electron chi connectivity index (χ2n) is 8.90. The van der Waals surface area contributed by atoms with Crippen LogP contribution in [0.1, 0.15) is 28.8 Å². The third-order valence-electron chi connectivity index (χ3n) is 6.71. The molecule has 210 valence electrons. The number of carbonyl (C=O) groups excluding carboxylic acids is 1. The average molecular weight is 588 g/mol. The van der Waals surface area contributed by atoms with Gasteiger partial charge in [0.1, 0.15) is 18.1 Å². The van der Waals surface area contributed by atoms with E-state index in [0.717, 1.165) is 46.5 Å². The van der Waals surface area contributed by atoms with Crippen LogP contribution < -0.4 is 8.37 Å². The van der Waals surface area contributed by atoms with Gasteiger partial charge in [-0.05, 0) is 71.3 Å². The van der Waals surface area contributed by atoms with E-state index < -0.39 is 5.97 Å². The van der Waals surface area contributed by atoms with Crippen LogP contribution in [0.4, 0.5) is 0 Å². The molecule has 40 heavy (non-hydrogen) atoms. The molecule has 1 heterocycles. The fourth-order valence-electron chi connectivity index (χ4n) is 4.92. The Kier molecular flexibility index (Phi) is 9.94. The Balaban J connectivity index is 1.28. The maximum Gasteiger partial charge on any atom is 0.338 e. The molecular formula is C27H25NO10S2. The summed E-state index contributed by atoms with van der Waals surface area (Å²) in [5.74, 6) is 0.618. The zero-order valence-electron chi connectivity index (χ0n) is 21.0. The first-order valence-electron chi connectivity index (χ1n) is 12.3. The molecule has 1 fully saturated rings. The van der Waals surface area contributed by atoms with Crippen LogP contribution in [0, 0.1) is 0 Å². The van der Waals surface area contributed by atoms with Gasteiger partial charge in [-0.25, -0.2) is 15.3 Å². The Morgan fingerprint density at radius 1 is 0.875 bits per heavy atom. The van der Waals surface area contributed by atoms with Gasteiger partial charge in [0.05, 0.1) is 5.56 Å². The van der Waals surface area contributed by atoms with Gasteiger partial charge in [-0.1, -0.05) is 61.2 Å². The number of carbonyl (C=O) groups is 1. The minimum Gasteiger partial charge on any atom is -0.460 e. The van der Waals surface area contributed by atoms with Gasteiger partial charge in [0.15, 0.2) is 0 Å². The van der Waals surface area contributed by atoms with E-state index in [-0.39, 0.29) is 12.6 Å². The highest BCUT2D eigenvalue weighted by atomic mass is 32.2. The Morgan fingerprint density at radius 2 is 1.68 bits per heavy atom. The van der Waals surface area contributed by atoms with Gasteiger partial charge in [-0.15, -0.1) is 0 Å². The number of esters is 1. The van der Waals surface area contributed by atoms with Crippen molar-refractivity contribution in [3.63, 3.8) is 0 Å². The highest BCUT2D eigenvalue weighted by molar-refractivity contribution is 7.90. The molecule has 0 bridgehead atoms. The second kappa shape index (κ2) is 14.0. The van der Waals surface area contributed by atoms with Gasteiger partial charge in [0.2, 0.25) is 0 Å². The van der Waals surface area contributed by atoms with E-state index in [1.807, 2.05) is 42.5 Å². The van der Waals surface area contributed by atoms with E-state index in [9.17, 15) is 4.79 Å². The molecule has 4 aromatic rings. The first-order valence-corrected chi connectivity index (χ1v) is 13.6. The van der Waals surface area contributed by atoms with Crippen LogP contribution in [0.15, 0.2) is 72.8 Å². The topological polar surface area (TPSA) is 125 Å². The van der Waals surface area contributed by atoms with Gasteiger partial charge in [-0.2, -0.15) is 0 Å². The van der Waals surface area contributed by atoms with E-state index in [0.29, 0.717) is 48.3 Å². The molecule has 1 aliphatic heterocycles. The van der Waals surface area contributed by atoms with Crippen LogP contribution in [0.3, 0.4) is 0 Å². The van der Waals surface area contributed by atoms with Gasteiger partial charge in [0, 0.05) is 18.2 Å². The molecule has 0 unspecified atom stereocenters. The zero-order chi connectivity index (χ0) is 27.7. The van der Waals surface area contributed by atoms with Crippen LogP contribution >= 0.6 is 24.6 Å². The normalized spacial score (nSPS) is 15.5. The lowest BCUT2D eigenvalue weighted by Crippen LogP contribution is -2.33. The summed E-state index contributed by atoms with van der Waals surface area (Å²) in [6, 6.07) is 22.3. The second-order valence-corrected chi connectivity index (χ2v) is 9.78. The van der Waals surface area contributed by atoms with Crippen molar-refractivity contribution >= 4 is 52.2 Å². The maximum absolute atomic E-state index is 13.1. The van der Waals surface area contributed by atoms with Crippen molar-refractivity contribution in [1.29, 1.82) is 0 Å². The molecule has 0 radical (unpaired) electrons. The zero-order valence-corrected chi connectivity index (χ0v) is 22.6. The number of ether oxygens (including phenoxy) is 1. The fraction of sp³-hybridized carbons (Fsp3) is 0.222. The van der Waals surface area contributed by atoms with E-state index in [2.05, 4.69) is 23.6 Å². The lowest BCUT2D eigenvalue weighted by molar-refractivity contribution is -0.433. The third kappa shape index (κ3) is 6.78. The van der Waals surface area contributed by atoms with E-state index in [1.54, 1.807) is 30.3 Å². The Labute approximate surface area is 238 Å². The molecule has 0 spiro atoms. The number of likely N-dealkylation sites (tertiary alicyclic amines) is 1. The SMILES string of the molecule is O=C(OC[C@@H]1CCCN1Cc1c(OSOOO)ccc2ccccc12)c1cccc2cc(OSOOO)ccc12. The van der Waals surface area contributed by atoms with Crippen molar-refractivity contribution < 1.29 is 47.2 Å². The van der Waals surface area contributed by atoms with Crippen molar-refractivity contribution in [1.82, 2.24) is 4.90 Å². The van der Waals surface area contributed by atoms with Gasteiger partial charge in [-0.3, -0.25) is 4.90 Å². The number of benzene rings is 4. The van der Waals surface area contributed by atoms with Gasteiger partial charge >= 0.3 is 5.97 Å². The van der Waals surface area contributed by atoms with Crippen molar-refractivity contribution in [2.45, 2.75) is 25.4 Å². The quantitative estimate of drug-likeness (QED) is 0.0578. The standard InChI is InChI=1S/C27H25NO10S2/c29-27(24-9-3-6-19-15-21(11-12-23(19)24)33-39-37-35-30)32-17-20-7-4-14-28(20)16-25-22-8-2-1-5-18(22)10-13-26(25)34-40-38-36-31/h1-3,5-6,8-13,15,20,30-31H,4,7,14,16-17H2/t20-/m0/s1. The average Bonchev–Trinajstić information content (AvgIpc) is 3.43. The van der Waals surface area contributed by atoms with Crippen LogP contribution in [-0.2, 0) is 30.0 Å². The highest BCUT2D eigenvalue weighted by Crippen LogP contribution is 2.34. The lowest BCUT2D eigenvalue weighted by atomic mass is 10.0. The predicted molar refractivity (Wildman–Crippen MR) is 148 cm³/mol. The summed E-state index contributed by atoms with van der Waals surface area (Å²) >= 11 is 0.970. The minimum absolute atomic E-state index is 0.0289. The summed E-state index contributed by atoms with van der Waals surface area (Å²) < 4.78 is 25.3. The minimum atomic E-state index is -0.413. The number of rotatable bonds is 13. The first kappa shape index (κ1) is 28.4. The van der Waals surface area contributed by atoms with Crippen LogP contribution in [-0.4, -0.2) is 40.6 Å². The third-order valence-corrected chi connectivity index (χ3v) is 7.45. The molecule has 0 aliphatic carbocycles. The summed E-state index contributed by atoms with van der Waals surface area (Å²) in [5, 5.41) is 27.4. The van der Waals surface area contributed by atoms with Crippen molar-refractivity contribution in [3.8, 4) is 11.5 Å². The molecule has 0 aromatic heterocycles. The van der Waals surface area contributed by atoms with Crippen molar-refractivity contribution in [2.24, 2.45) is 0 Å². The molecule has 0 saturated carbocycles. The van der Waals surface area contributed by atoms with E-state index in [1.165, 1.54) is 0 Å². The van der Waals surface area contributed by atoms with Crippen LogP contribution in [0.2, 0.25) is 0 Å². The number of nitrogens with zero attached hydrogens (tertiary/aromatic N) is 1. The van der Waals surface area contributed by atoms with E-state index in [4.69, 9.17) is 23.6 Å². The molecule has 1 atom stereocenters. The summed E-state index contributed by atoms with van der Waals surface area (Å²) in [7, 11) is 0. The molecule has 2 N–H and O–H groups in total. The predicted octanol–water partition coefficient (Wildman–Crippen LogP) is 6.54. The first-order chi connectivity index (χ1) is 19.7.